The number of hydrogen-bond donors (Lipinski definition) is 0. The number of likely N-dealkylation sites (tertiary alicyclic amines) is 1. The first kappa shape index (κ1) is 16.7. The third-order valence-corrected chi connectivity index (χ3v) is 5.08. The lowest BCUT2D eigenvalue weighted by molar-refractivity contribution is 0.0609. The van der Waals surface area contributed by atoms with Crippen LogP contribution in [-0.4, -0.2) is 78.5 Å². The summed E-state index contributed by atoms with van der Waals surface area (Å²) in [6, 6.07) is 1.71. The monoisotopic (exact) mass is 336 g/mol. The topological polar surface area (TPSA) is 39.7 Å². The van der Waals surface area contributed by atoms with Gasteiger partial charge < -0.3 is 14.7 Å². The zero-order chi connectivity index (χ0) is 16.2. The van der Waals surface area contributed by atoms with E-state index < -0.39 is 0 Å². The number of aromatic nitrogens is 1. The molecule has 1 amide bonds. The second-order valence-electron chi connectivity index (χ2n) is 6.76. The van der Waals surface area contributed by atoms with Crippen LogP contribution in [0.25, 0.3) is 0 Å². The molecular formula is C17H25ClN4O. The fourth-order valence-electron chi connectivity index (χ4n) is 3.51. The van der Waals surface area contributed by atoms with E-state index in [0.717, 1.165) is 52.2 Å². The molecule has 3 rings (SSSR count). The number of rotatable bonds is 3. The molecule has 0 aliphatic carbocycles. The Labute approximate surface area is 143 Å². The summed E-state index contributed by atoms with van der Waals surface area (Å²) < 4.78 is 0. The van der Waals surface area contributed by atoms with E-state index in [1.807, 2.05) is 4.90 Å². The first-order valence-electron chi connectivity index (χ1n) is 8.42. The molecule has 126 valence electrons. The van der Waals surface area contributed by atoms with Crippen LogP contribution < -0.4 is 0 Å². The van der Waals surface area contributed by atoms with Crippen LogP contribution in [0.4, 0.5) is 0 Å². The quantitative estimate of drug-likeness (QED) is 0.844. The molecule has 0 bridgehead atoms. The molecule has 1 aromatic rings. The first-order valence-corrected chi connectivity index (χ1v) is 8.80. The van der Waals surface area contributed by atoms with Gasteiger partial charge in [-0.2, -0.15) is 0 Å². The van der Waals surface area contributed by atoms with E-state index >= 15 is 0 Å². The number of nitrogens with zero attached hydrogens (tertiary/aromatic N) is 4. The summed E-state index contributed by atoms with van der Waals surface area (Å²) in [4.78, 5) is 23.6. The molecule has 5 nitrogen and oxygen atoms in total. The van der Waals surface area contributed by atoms with Gasteiger partial charge in [0.15, 0.2) is 0 Å². The Morgan fingerprint density at radius 1 is 1.26 bits per heavy atom. The highest BCUT2D eigenvalue weighted by atomic mass is 35.5. The molecule has 0 spiro atoms. The largest absolute Gasteiger partial charge is 0.338 e. The van der Waals surface area contributed by atoms with Crippen LogP contribution in [-0.2, 0) is 0 Å². The molecule has 3 heterocycles. The Bertz CT molecular complexity index is 545. The average molecular weight is 337 g/mol. The van der Waals surface area contributed by atoms with Crippen LogP contribution in [0.15, 0.2) is 18.5 Å². The van der Waals surface area contributed by atoms with Crippen molar-refractivity contribution in [3.63, 3.8) is 0 Å². The zero-order valence-electron chi connectivity index (χ0n) is 13.7. The lowest BCUT2D eigenvalue weighted by Gasteiger charge is -2.38. The van der Waals surface area contributed by atoms with Gasteiger partial charge in [-0.15, -0.1) is 0 Å². The highest BCUT2D eigenvalue weighted by Crippen LogP contribution is 2.21. The molecule has 2 aliphatic heterocycles. The van der Waals surface area contributed by atoms with Crippen LogP contribution in [0.3, 0.4) is 0 Å². The molecule has 0 radical (unpaired) electrons. The summed E-state index contributed by atoms with van der Waals surface area (Å²) in [5.41, 5.74) is 0.595. The second kappa shape index (κ2) is 7.60. The lowest BCUT2D eigenvalue weighted by Crippen LogP contribution is -2.49. The van der Waals surface area contributed by atoms with E-state index in [9.17, 15) is 4.79 Å². The van der Waals surface area contributed by atoms with Gasteiger partial charge in [-0.05, 0) is 31.9 Å². The van der Waals surface area contributed by atoms with Gasteiger partial charge in [-0.3, -0.25) is 9.78 Å². The third-order valence-electron chi connectivity index (χ3n) is 4.87. The number of carbonyl (C=O) groups is 1. The van der Waals surface area contributed by atoms with E-state index in [2.05, 4.69) is 21.8 Å². The summed E-state index contributed by atoms with van der Waals surface area (Å²) in [7, 11) is 2.18. The molecule has 0 aromatic carbocycles. The minimum Gasteiger partial charge on any atom is -0.338 e. The predicted octanol–water partition coefficient (Wildman–Crippen LogP) is 1.83. The summed E-state index contributed by atoms with van der Waals surface area (Å²) in [5, 5.41) is 0.516. The highest BCUT2D eigenvalue weighted by molar-refractivity contribution is 6.30. The normalized spacial score (nSPS) is 23.9. The van der Waals surface area contributed by atoms with Crippen LogP contribution in [0.1, 0.15) is 23.2 Å². The summed E-state index contributed by atoms with van der Waals surface area (Å²) in [6.45, 7) is 7.35. The highest BCUT2D eigenvalue weighted by Gasteiger charge is 2.27. The minimum absolute atomic E-state index is 0.0584. The van der Waals surface area contributed by atoms with Gasteiger partial charge in [0.05, 0.1) is 10.6 Å². The van der Waals surface area contributed by atoms with Crippen LogP contribution in [0.5, 0.6) is 0 Å². The van der Waals surface area contributed by atoms with Crippen molar-refractivity contribution < 1.29 is 4.79 Å². The Morgan fingerprint density at radius 3 is 2.78 bits per heavy atom. The first-order chi connectivity index (χ1) is 11.1. The molecule has 23 heavy (non-hydrogen) atoms. The maximum Gasteiger partial charge on any atom is 0.255 e. The van der Waals surface area contributed by atoms with Crippen molar-refractivity contribution in [2.75, 3.05) is 52.9 Å². The van der Waals surface area contributed by atoms with Gasteiger partial charge in [0.2, 0.25) is 0 Å². The van der Waals surface area contributed by atoms with Crippen molar-refractivity contribution in [3.8, 4) is 0 Å². The molecule has 2 saturated heterocycles. The van der Waals surface area contributed by atoms with Crippen molar-refractivity contribution in [2.24, 2.45) is 5.92 Å². The van der Waals surface area contributed by atoms with Crippen molar-refractivity contribution in [1.82, 2.24) is 19.7 Å². The van der Waals surface area contributed by atoms with Crippen molar-refractivity contribution in [2.45, 2.75) is 12.8 Å². The summed E-state index contributed by atoms with van der Waals surface area (Å²) in [6.07, 6.45) is 5.46. The van der Waals surface area contributed by atoms with Gasteiger partial charge in [0.1, 0.15) is 0 Å². The number of hydrogen-bond acceptors (Lipinski definition) is 4. The lowest BCUT2D eigenvalue weighted by atomic mass is 9.96. The average Bonchev–Trinajstić information content (AvgIpc) is 2.56. The number of carbonyl (C=O) groups excluding carboxylic acids is 1. The van der Waals surface area contributed by atoms with Crippen LogP contribution >= 0.6 is 11.6 Å². The smallest absolute Gasteiger partial charge is 0.255 e. The number of piperidine rings is 1. The van der Waals surface area contributed by atoms with E-state index in [1.165, 1.54) is 6.42 Å². The van der Waals surface area contributed by atoms with Crippen molar-refractivity contribution in [1.29, 1.82) is 0 Å². The molecule has 2 fully saturated rings. The number of pyridine rings is 1. The Hall–Kier alpha value is -1.17. The van der Waals surface area contributed by atoms with Gasteiger partial charge in [-0.25, -0.2) is 0 Å². The molecular weight excluding hydrogens is 312 g/mol. The van der Waals surface area contributed by atoms with Gasteiger partial charge in [0, 0.05) is 58.2 Å². The minimum atomic E-state index is 0.0584. The maximum atomic E-state index is 12.6. The van der Waals surface area contributed by atoms with E-state index in [0.29, 0.717) is 16.5 Å². The fraction of sp³-hybridized carbons (Fsp3) is 0.647. The molecule has 0 unspecified atom stereocenters. The van der Waals surface area contributed by atoms with E-state index in [4.69, 9.17) is 11.6 Å². The Morgan fingerprint density at radius 2 is 2.04 bits per heavy atom. The standard InChI is InChI=1S/C17H25ClN4O/c1-20-5-7-21(8-6-20)12-14-3-2-4-22(13-14)17(23)15-9-16(18)11-19-10-15/h9-11,14H,2-8,12-13H2,1H3/t14-/m0/s1. The van der Waals surface area contributed by atoms with Crippen molar-refractivity contribution >= 4 is 17.5 Å². The number of amides is 1. The van der Waals surface area contributed by atoms with Gasteiger partial charge >= 0.3 is 0 Å². The molecule has 6 heteroatoms. The Kier molecular flexibility index (Phi) is 5.51. The maximum absolute atomic E-state index is 12.6. The van der Waals surface area contributed by atoms with E-state index in [-0.39, 0.29) is 5.91 Å². The summed E-state index contributed by atoms with van der Waals surface area (Å²) >= 11 is 5.95. The fourth-order valence-corrected chi connectivity index (χ4v) is 3.68. The van der Waals surface area contributed by atoms with Gasteiger partial charge in [0.25, 0.3) is 5.91 Å². The van der Waals surface area contributed by atoms with Gasteiger partial charge in [-0.1, -0.05) is 11.6 Å². The second-order valence-corrected chi connectivity index (χ2v) is 7.19. The molecule has 0 saturated carbocycles. The molecule has 2 aliphatic rings. The van der Waals surface area contributed by atoms with E-state index in [1.54, 1.807) is 18.5 Å². The summed E-state index contributed by atoms with van der Waals surface area (Å²) in [5.74, 6) is 0.631. The zero-order valence-corrected chi connectivity index (χ0v) is 14.5. The van der Waals surface area contributed by atoms with Crippen LogP contribution in [0.2, 0.25) is 5.02 Å². The van der Waals surface area contributed by atoms with Crippen molar-refractivity contribution in [3.05, 3.63) is 29.0 Å². The third kappa shape index (κ3) is 4.43. The number of likely N-dealkylation sites (N-methyl/N-ethyl adjacent to an activating group) is 1. The Balaban J connectivity index is 1.56. The predicted molar refractivity (Wildman–Crippen MR) is 91.8 cm³/mol. The molecule has 1 atom stereocenters. The van der Waals surface area contributed by atoms with Crippen LogP contribution in [0, 0.1) is 5.92 Å². The molecule has 1 aromatic heterocycles. The number of piperazine rings is 1. The SMILES string of the molecule is CN1CCN(C[C@@H]2CCCN(C(=O)c3cncc(Cl)c3)C2)CC1. The molecule has 0 N–H and O–H groups in total. The number of halogens is 1.